The Morgan fingerprint density at radius 3 is 2.19 bits per heavy atom. The molecule has 0 radical (unpaired) electrons. The third-order valence-electron chi connectivity index (χ3n) is 6.06. The van der Waals surface area contributed by atoms with Crippen molar-refractivity contribution in [1.82, 2.24) is 9.78 Å². The Hall–Kier alpha value is -4.85. The average molecular weight is 479 g/mol. The van der Waals surface area contributed by atoms with E-state index in [2.05, 4.69) is 10.4 Å². The van der Waals surface area contributed by atoms with Gasteiger partial charge in [0, 0.05) is 16.7 Å². The summed E-state index contributed by atoms with van der Waals surface area (Å²) in [7, 11) is 0. The Morgan fingerprint density at radius 2 is 1.47 bits per heavy atom. The molecule has 1 aliphatic rings. The van der Waals surface area contributed by atoms with Crippen LogP contribution in [0.1, 0.15) is 53.6 Å². The van der Waals surface area contributed by atoms with Gasteiger partial charge in [-0.25, -0.2) is 9.48 Å². The van der Waals surface area contributed by atoms with E-state index < -0.39 is 18.5 Å². The van der Waals surface area contributed by atoms with E-state index in [9.17, 15) is 19.2 Å². The normalized spacial score (nSPS) is 12.1. The zero-order valence-electron chi connectivity index (χ0n) is 19.6. The summed E-state index contributed by atoms with van der Waals surface area (Å²) in [4.78, 5) is 51.5. The van der Waals surface area contributed by atoms with Crippen LogP contribution in [0.15, 0.2) is 72.8 Å². The zero-order valence-corrected chi connectivity index (χ0v) is 19.6. The number of anilines is 1. The highest BCUT2D eigenvalue weighted by Crippen LogP contribution is 2.32. The van der Waals surface area contributed by atoms with Crippen LogP contribution in [0.5, 0.6) is 0 Å². The second-order valence-electron chi connectivity index (χ2n) is 8.35. The number of nitrogens with zero attached hydrogens (tertiary/aromatic N) is 2. The van der Waals surface area contributed by atoms with E-state index in [1.165, 1.54) is 6.07 Å². The second kappa shape index (κ2) is 9.07. The standard InChI is InChI=1S/C28H21N3O5/c1-16-24(17(2)31(30-16)18-9-4-3-5-10-18)28(35)36-15-23(32)29-22-14-8-13-21-25(22)27(34)20-12-7-6-11-19(20)26(21)33/h3-14H,15H2,1-2H3,(H,29,32). The van der Waals surface area contributed by atoms with Crippen molar-refractivity contribution < 1.29 is 23.9 Å². The first-order valence-corrected chi connectivity index (χ1v) is 11.3. The molecule has 3 aromatic carbocycles. The van der Waals surface area contributed by atoms with Gasteiger partial charge in [0.25, 0.3) is 5.91 Å². The summed E-state index contributed by atoms with van der Waals surface area (Å²) in [5.74, 6) is -1.96. The first-order valence-electron chi connectivity index (χ1n) is 11.3. The predicted octanol–water partition coefficient (Wildman–Crippen LogP) is 4.06. The maximum atomic E-state index is 13.1. The second-order valence-corrected chi connectivity index (χ2v) is 8.35. The summed E-state index contributed by atoms with van der Waals surface area (Å²) in [6.07, 6.45) is 0. The maximum Gasteiger partial charge on any atom is 0.342 e. The Balaban J connectivity index is 1.32. The van der Waals surface area contributed by atoms with Gasteiger partial charge < -0.3 is 10.1 Å². The van der Waals surface area contributed by atoms with Crippen molar-refractivity contribution in [3.63, 3.8) is 0 Å². The number of benzene rings is 3. The third-order valence-corrected chi connectivity index (χ3v) is 6.06. The lowest BCUT2D eigenvalue weighted by atomic mass is 9.83. The Kier molecular flexibility index (Phi) is 5.77. The Labute approximate surface area is 206 Å². The molecule has 0 aliphatic heterocycles. The molecule has 5 rings (SSSR count). The van der Waals surface area contributed by atoms with Gasteiger partial charge >= 0.3 is 5.97 Å². The van der Waals surface area contributed by atoms with Gasteiger partial charge in [-0.05, 0) is 32.0 Å². The lowest BCUT2D eigenvalue weighted by Crippen LogP contribution is -2.26. The fraction of sp³-hybridized carbons (Fsp3) is 0.107. The molecular weight excluding hydrogens is 458 g/mol. The highest BCUT2D eigenvalue weighted by molar-refractivity contribution is 6.30. The van der Waals surface area contributed by atoms with E-state index in [1.54, 1.807) is 54.9 Å². The molecule has 1 amide bonds. The summed E-state index contributed by atoms with van der Waals surface area (Å²) >= 11 is 0. The fourth-order valence-electron chi connectivity index (χ4n) is 4.40. The molecular formula is C28H21N3O5. The predicted molar refractivity (Wildman–Crippen MR) is 132 cm³/mol. The van der Waals surface area contributed by atoms with Gasteiger partial charge in [-0.2, -0.15) is 5.10 Å². The van der Waals surface area contributed by atoms with Gasteiger partial charge in [-0.15, -0.1) is 0 Å². The number of nitrogens with one attached hydrogen (secondary N) is 1. The number of amides is 1. The highest BCUT2D eigenvalue weighted by atomic mass is 16.5. The number of ether oxygens (including phenoxy) is 1. The number of carbonyl (C=O) groups excluding carboxylic acids is 4. The van der Waals surface area contributed by atoms with Gasteiger partial charge in [0.05, 0.1) is 28.3 Å². The molecule has 36 heavy (non-hydrogen) atoms. The van der Waals surface area contributed by atoms with Crippen LogP contribution in [0.3, 0.4) is 0 Å². The first-order chi connectivity index (χ1) is 17.4. The number of rotatable bonds is 5. The number of carbonyl (C=O) groups is 4. The molecule has 1 aromatic heterocycles. The van der Waals surface area contributed by atoms with E-state index in [-0.39, 0.29) is 39.5 Å². The average Bonchev–Trinajstić information content (AvgIpc) is 3.20. The summed E-state index contributed by atoms with van der Waals surface area (Å²) in [6, 6.07) is 20.6. The molecule has 178 valence electrons. The molecule has 0 fully saturated rings. The molecule has 0 atom stereocenters. The van der Waals surface area contributed by atoms with Crippen LogP contribution in [0.4, 0.5) is 5.69 Å². The minimum atomic E-state index is -0.683. The number of aromatic nitrogens is 2. The van der Waals surface area contributed by atoms with Gasteiger partial charge in [-0.3, -0.25) is 14.4 Å². The Bertz CT molecular complexity index is 1550. The van der Waals surface area contributed by atoms with Crippen molar-refractivity contribution in [1.29, 1.82) is 0 Å². The number of hydrogen-bond acceptors (Lipinski definition) is 6. The highest BCUT2D eigenvalue weighted by Gasteiger charge is 2.31. The van der Waals surface area contributed by atoms with Crippen molar-refractivity contribution in [3.8, 4) is 5.69 Å². The van der Waals surface area contributed by atoms with Crippen molar-refractivity contribution in [2.75, 3.05) is 11.9 Å². The zero-order chi connectivity index (χ0) is 25.4. The third kappa shape index (κ3) is 3.88. The van der Waals surface area contributed by atoms with Crippen LogP contribution in [-0.2, 0) is 9.53 Å². The lowest BCUT2D eigenvalue weighted by Gasteiger charge is -2.20. The largest absolute Gasteiger partial charge is 0.452 e. The molecule has 1 N–H and O–H groups in total. The van der Waals surface area contributed by atoms with E-state index >= 15 is 0 Å². The molecule has 0 unspecified atom stereocenters. The maximum absolute atomic E-state index is 13.1. The van der Waals surface area contributed by atoms with Crippen LogP contribution < -0.4 is 5.32 Å². The van der Waals surface area contributed by atoms with Crippen LogP contribution in [-0.4, -0.2) is 39.8 Å². The lowest BCUT2D eigenvalue weighted by molar-refractivity contribution is -0.119. The molecule has 0 saturated carbocycles. The van der Waals surface area contributed by atoms with Gasteiger partial charge in [0.2, 0.25) is 0 Å². The SMILES string of the molecule is Cc1nn(-c2ccccc2)c(C)c1C(=O)OCC(=O)Nc1cccc2c1C(=O)c1ccccc1C2=O. The molecule has 1 heterocycles. The van der Waals surface area contributed by atoms with E-state index in [0.29, 0.717) is 17.0 Å². The minimum absolute atomic E-state index is 0.122. The summed E-state index contributed by atoms with van der Waals surface area (Å²) in [5.41, 5.74) is 3.27. The van der Waals surface area contributed by atoms with Gasteiger partial charge in [-0.1, -0.05) is 54.6 Å². The number of aryl methyl sites for hydroxylation is 1. The molecule has 1 aliphatic carbocycles. The monoisotopic (exact) mass is 479 g/mol. The Morgan fingerprint density at radius 1 is 0.833 bits per heavy atom. The molecule has 0 bridgehead atoms. The summed E-state index contributed by atoms with van der Waals surface area (Å²) < 4.78 is 6.91. The number of esters is 1. The number of hydrogen-bond donors (Lipinski definition) is 1. The van der Waals surface area contributed by atoms with Crippen molar-refractivity contribution in [2.24, 2.45) is 0 Å². The van der Waals surface area contributed by atoms with E-state index in [1.807, 2.05) is 30.3 Å². The fourth-order valence-corrected chi connectivity index (χ4v) is 4.40. The number of ketones is 2. The molecule has 8 heteroatoms. The van der Waals surface area contributed by atoms with Crippen molar-refractivity contribution in [2.45, 2.75) is 13.8 Å². The van der Waals surface area contributed by atoms with Crippen LogP contribution in [0.25, 0.3) is 5.69 Å². The van der Waals surface area contributed by atoms with Crippen molar-refractivity contribution >= 4 is 29.1 Å². The molecule has 0 saturated heterocycles. The van der Waals surface area contributed by atoms with Crippen LogP contribution in [0, 0.1) is 13.8 Å². The smallest absolute Gasteiger partial charge is 0.342 e. The molecule has 8 nitrogen and oxygen atoms in total. The van der Waals surface area contributed by atoms with Crippen LogP contribution >= 0.6 is 0 Å². The van der Waals surface area contributed by atoms with Crippen molar-refractivity contribution in [3.05, 3.63) is 112 Å². The summed E-state index contributed by atoms with van der Waals surface area (Å²) in [6.45, 7) is 2.87. The molecule has 4 aromatic rings. The topological polar surface area (TPSA) is 107 Å². The minimum Gasteiger partial charge on any atom is -0.452 e. The summed E-state index contributed by atoms with van der Waals surface area (Å²) in [5, 5.41) is 7.03. The molecule has 0 spiro atoms. The number of fused-ring (bicyclic) bond motifs is 2. The van der Waals surface area contributed by atoms with E-state index in [4.69, 9.17) is 4.74 Å². The first kappa shape index (κ1) is 22.9. The van der Waals surface area contributed by atoms with Gasteiger partial charge in [0.15, 0.2) is 18.2 Å². The number of para-hydroxylation sites is 1. The quantitative estimate of drug-likeness (QED) is 0.381. The van der Waals surface area contributed by atoms with E-state index in [0.717, 1.165) is 5.69 Å². The van der Waals surface area contributed by atoms with Crippen LogP contribution in [0.2, 0.25) is 0 Å². The van der Waals surface area contributed by atoms with Gasteiger partial charge in [0.1, 0.15) is 5.56 Å².